The van der Waals surface area contributed by atoms with Crippen molar-refractivity contribution >= 4 is 5.91 Å². The van der Waals surface area contributed by atoms with Gasteiger partial charge < -0.3 is 10.4 Å². The Morgan fingerprint density at radius 1 is 1.35 bits per heavy atom. The van der Waals surface area contributed by atoms with Gasteiger partial charge in [0.05, 0.1) is 5.56 Å². The first-order valence-corrected chi connectivity index (χ1v) is 6.08. The Morgan fingerprint density at radius 3 is 2.45 bits per heavy atom. The number of carbonyl (C=O) groups is 1. The van der Waals surface area contributed by atoms with Crippen molar-refractivity contribution in [1.82, 2.24) is 10.3 Å². The fraction of sp³-hybridized carbons (Fsp3) is 0.538. The van der Waals surface area contributed by atoms with E-state index in [-0.39, 0.29) is 17.6 Å². The number of hydrogen-bond donors (Lipinski definition) is 2. The summed E-state index contributed by atoms with van der Waals surface area (Å²) in [6.07, 6.45) is -3.10. The average Bonchev–Trinajstić information content (AvgIpc) is 2.35. The molecule has 0 aliphatic carbocycles. The molecule has 0 bridgehead atoms. The van der Waals surface area contributed by atoms with Crippen molar-refractivity contribution in [2.45, 2.75) is 26.4 Å². The highest BCUT2D eigenvalue weighted by atomic mass is 19.4. The molecular weight excluding hydrogens is 273 g/mol. The van der Waals surface area contributed by atoms with Gasteiger partial charge in [0.25, 0.3) is 5.91 Å². The molecule has 0 spiro atoms. The summed E-state index contributed by atoms with van der Waals surface area (Å²) in [6.45, 7) is 4.06. The van der Waals surface area contributed by atoms with Gasteiger partial charge in [-0.15, -0.1) is 0 Å². The fourth-order valence-corrected chi connectivity index (χ4v) is 1.51. The van der Waals surface area contributed by atoms with E-state index in [1.54, 1.807) is 0 Å². The van der Waals surface area contributed by atoms with Crippen molar-refractivity contribution in [3.8, 4) is 0 Å². The summed E-state index contributed by atoms with van der Waals surface area (Å²) >= 11 is 0. The number of carbonyl (C=O) groups excluding carboxylic acids is 1. The molecule has 0 unspecified atom stereocenters. The molecule has 2 N–H and O–H groups in total. The molecule has 0 aliphatic heterocycles. The zero-order valence-electron chi connectivity index (χ0n) is 11.3. The van der Waals surface area contributed by atoms with Gasteiger partial charge in [-0.05, 0) is 24.0 Å². The molecule has 4 nitrogen and oxygen atoms in total. The molecule has 0 atom stereocenters. The second-order valence-electron chi connectivity index (χ2n) is 5.25. The Morgan fingerprint density at radius 2 is 2.00 bits per heavy atom. The van der Waals surface area contributed by atoms with E-state index in [0.29, 0.717) is 13.0 Å². The van der Waals surface area contributed by atoms with Crippen LogP contribution >= 0.6 is 0 Å². The Balaban J connectivity index is 2.65. The summed E-state index contributed by atoms with van der Waals surface area (Å²) in [6, 6.07) is 1.86. The lowest BCUT2D eigenvalue weighted by Gasteiger charge is -2.23. The summed E-state index contributed by atoms with van der Waals surface area (Å²) < 4.78 is 37.0. The van der Waals surface area contributed by atoms with E-state index in [9.17, 15) is 18.0 Å². The van der Waals surface area contributed by atoms with Gasteiger partial charge in [0.1, 0.15) is 5.69 Å². The monoisotopic (exact) mass is 290 g/mol. The number of nitrogens with zero attached hydrogens (tertiary/aromatic N) is 1. The van der Waals surface area contributed by atoms with E-state index in [4.69, 9.17) is 5.11 Å². The highest BCUT2D eigenvalue weighted by molar-refractivity contribution is 5.93. The topological polar surface area (TPSA) is 62.2 Å². The van der Waals surface area contributed by atoms with Crippen molar-refractivity contribution in [2.24, 2.45) is 5.41 Å². The molecule has 0 radical (unpaired) electrons. The van der Waals surface area contributed by atoms with Crippen LogP contribution in [-0.2, 0) is 6.18 Å². The van der Waals surface area contributed by atoms with Gasteiger partial charge in [-0.2, -0.15) is 13.2 Å². The fourth-order valence-electron chi connectivity index (χ4n) is 1.51. The van der Waals surface area contributed by atoms with Gasteiger partial charge in [-0.1, -0.05) is 13.8 Å². The van der Waals surface area contributed by atoms with Crippen LogP contribution in [0.4, 0.5) is 13.2 Å². The zero-order valence-corrected chi connectivity index (χ0v) is 11.3. The first-order valence-electron chi connectivity index (χ1n) is 6.08. The van der Waals surface area contributed by atoms with Crippen LogP contribution in [0.25, 0.3) is 0 Å². The highest BCUT2D eigenvalue weighted by Crippen LogP contribution is 2.27. The molecule has 0 aromatic carbocycles. The molecule has 1 aromatic heterocycles. The predicted octanol–water partition coefficient (Wildman–Crippen LogP) is 2.24. The highest BCUT2D eigenvalue weighted by Gasteiger charge is 2.32. The normalized spacial score (nSPS) is 12.3. The largest absolute Gasteiger partial charge is 0.433 e. The van der Waals surface area contributed by atoms with Crippen molar-refractivity contribution in [3.63, 3.8) is 0 Å². The van der Waals surface area contributed by atoms with Crippen molar-refractivity contribution < 1.29 is 23.1 Å². The number of amides is 1. The molecule has 0 saturated heterocycles. The lowest BCUT2D eigenvalue weighted by Crippen LogP contribution is -2.34. The second-order valence-corrected chi connectivity index (χ2v) is 5.25. The molecular formula is C13H17F3N2O2. The van der Waals surface area contributed by atoms with Gasteiger partial charge in [-0.25, -0.2) is 0 Å². The Hall–Kier alpha value is -1.63. The van der Waals surface area contributed by atoms with Crippen LogP contribution < -0.4 is 5.32 Å². The van der Waals surface area contributed by atoms with Crippen LogP contribution in [0.15, 0.2) is 18.3 Å². The zero-order chi connectivity index (χ0) is 15.4. The first kappa shape index (κ1) is 16.4. The Kier molecular flexibility index (Phi) is 5.10. The number of aliphatic hydroxyl groups is 1. The van der Waals surface area contributed by atoms with Crippen LogP contribution in [-0.4, -0.2) is 29.1 Å². The summed E-state index contributed by atoms with van der Waals surface area (Å²) in [4.78, 5) is 15.0. The minimum absolute atomic E-state index is 0.00467. The summed E-state index contributed by atoms with van der Waals surface area (Å²) in [5.41, 5.74) is -1.25. The van der Waals surface area contributed by atoms with Crippen LogP contribution in [0.3, 0.4) is 0 Å². The SMILES string of the molecule is CC(C)(CCO)CNC(=O)c1ccc(C(F)(F)F)nc1. The third-order valence-corrected chi connectivity index (χ3v) is 2.83. The van der Waals surface area contributed by atoms with Gasteiger partial charge >= 0.3 is 6.18 Å². The summed E-state index contributed by atoms with van der Waals surface area (Å²) in [5.74, 6) is -0.489. The number of halogens is 3. The molecule has 7 heteroatoms. The quantitative estimate of drug-likeness (QED) is 0.874. The van der Waals surface area contributed by atoms with Gasteiger partial charge in [-0.3, -0.25) is 9.78 Å². The average molecular weight is 290 g/mol. The molecule has 112 valence electrons. The standard InChI is InChI=1S/C13H17F3N2O2/c1-12(2,5-6-19)8-18-11(20)9-3-4-10(17-7-9)13(14,15)16/h3-4,7,19H,5-6,8H2,1-2H3,(H,18,20). The van der Waals surface area contributed by atoms with Crippen LogP contribution in [0.5, 0.6) is 0 Å². The van der Waals surface area contributed by atoms with E-state index >= 15 is 0 Å². The lowest BCUT2D eigenvalue weighted by molar-refractivity contribution is -0.141. The maximum absolute atomic E-state index is 12.3. The van der Waals surface area contributed by atoms with E-state index in [1.165, 1.54) is 0 Å². The number of hydrogen-bond acceptors (Lipinski definition) is 3. The smallest absolute Gasteiger partial charge is 0.396 e. The molecule has 1 rings (SSSR count). The number of rotatable bonds is 5. The predicted molar refractivity (Wildman–Crippen MR) is 67.1 cm³/mol. The van der Waals surface area contributed by atoms with Crippen LogP contribution in [0.2, 0.25) is 0 Å². The minimum atomic E-state index is -4.52. The molecule has 1 aromatic rings. The van der Waals surface area contributed by atoms with E-state index < -0.39 is 17.8 Å². The number of nitrogens with one attached hydrogen (secondary N) is 1. The third-order valence-electron chi connectivity index (χ3n) is 2.83. The summed E-state index contributed by atoms with van der Waals surface area (Å²) in [5, 5.41) is 11.5. The minimum Gasteiger partial charge on any atom is -0.396 e. The van der Waals surface area contributed by atoms with Crippen molar-refractivity contribution in [3.05, 3.63) is 29.6 Å². The maximum atomic E-state index is 12.3. The molecule has 1 heterocycles. The Bertz CT molecular complexity index is 456. The Labute approximate surface area is 115 Å². The van der Waals surface area contributed by atoms with Gasteiger partial charge in [0, 0.05) is 19.3 Å². The van der Waals surface area contributed by atoms with E-state index in [2.05, 4.69) is 10.3 Å². The van der Waals surface area contributed by atoms with Gasteiger partial charge in [0.2, 0.25) is 0 Å². The van der Waals surface area contributed by atoms with E-state index in [1.807, 2.05) is 13.8 Å². The molecule has 0 aliphatic rings. The lowest BCUT2D eigenvalue weighted by atomic mass is 9.90. The maximum Gasteiger partial charge on any atom is 0.433 e. The van der Waals surface area contributed by atoms with Gasteiger partial charge in [0.15, 0.2) is 0 Å². The number of alkyl halides is 3. The summed E-state index contributed by atoms with van der Waals surface area (Å²) in [7, 11) is 0. The number of aromatic nitrogens is 1. The molecule has 1 amide bonds. The van der Waals surface area contributed by atoms with Crippen molar-refractivity contribution in [1.29, 1.82) is 0 Å². The molecule has 0 saturated carbocycles. The first-order chi connectivity index (χ1) is 9.15. The van der Waals surface area contributed by atoms with Crippen molar-refractivity contribution in [2.75, 3.05) is 13.2 Å². The van der Waals surface area contributed by atoms with E-state index in [0.717, 1.165) is 18.3 Å². The molecule has 0 fully saturated rings. The van der Waals surface area contributed by atoms with Crippen LogP contribution in [0.1, 0.15) is 36.3 Å². The van der Waals surface area contributed by atoms with Crippen LogP contribution in [0, 0.1) is 5.41 Å². The third kappa shape index (κ3) is 4.80. The molecule has 20 heavy (non-hydrogen) atoms. The number of pyridine rings is 1. The number of aliphatic hydroxyl groups excluding tert-OH is 1. The second kappa shape index (κ2) is 6.21.